The van der Waals surface area contributed by atoms with Crippen molar-refractivity contribution in [2.75, 3.05) is 32.8 Å². The molecule has 7 nitrogen and oxygen atoms in total. The molecule has 1 aromatic carbocycles. The first kappa shape index (κ1) is 19.9. The predicted octanol–water partition coefficient (Wildman–Crippen LogP) is 1.08. The van der Waals surface area contributed by atoms with Crippen molar-refractivity contribution in [1.82, 2.24) is 15.5 Å². The van der Waals surface area contributed by atoms with E-state index in [-0.39, 0.29) is 17.8 Å². The van der Waals surface area contributed by atoms with Crippen molar-refractivity contribution in [1.29, 1.82) is 0 Å². The van der Waals surface area contributed by atoms with Crippen LogP contribution >= 0.6 is 0 Å². The van der Waals surface area contributed by atoms with Crippen LogP contribution in [-0.2, 0) is 20.9 Å². The Hall–Kier alpha value is -2.41. The summed E-state index contributed by atoms with van der Waals surface area (Å²) in [6.07, 6.45) is 1.86. The highest BCUT2D eigenvalue weighted by atomic mass is 16.5. The smallest absolute Gasteiger partial charge is 0.307 e. The van der Waals surface area contributed by atoms with Gasteiger partial charge < -0.3 is 20.3 Å². The maximum Gasteiger partial charge on any atom is 0.307 e. The fourth-order valence-electron chi connectivity index (χ4n) is 2.78. The van der Waals surface area contributed by atoms with E-state index in [0.29, 0.717) is 51.2 Å². The summed E-state index contributed by atoms with van der Waals surface area (Å²) < 4.78 is 4.86. The second-order valence-electron chi connectivity index (χ2n) is 6.17. The number of esters is 1. The van der Waals surface area contributed by atoms with E-state index in [2.05, 4.69) is 10.6 Å². The zero-order chi connectivity index (χ0) is 18.8. The first-order valence-corrected chi connectivity index (χ1v) is 9.11. The van der Waals surface area contributed by atoms with Crippen LogP contribution in [0.15, 0.2) is 24.3 Å². The van der Waals surface area contributed by atoms with Crippen molar-refractivity contribution < 1.29 is 19.1 Å². The van der Waals surface area contributed by atoms with Crippen LogP contribution in [0, 0.1) is 0 Å². The lowest BCUT2D eigenvalue weighted by molar-refractivity contribution is -0.143. The minimum atomic E-state index is -0.206. The standard InChI is InChI=1S/C19H27N3O4/c1-2-26-18(24)9-10-20-14-15-5-7-16(8-6-15)19(25)21-11-13-22-12-3-4-17(22)23/h5-8,20H,2-4,9-14H2,1H3,(H,21,25). The zero-order valence-electron chi connectivity index (χ0n) is 15.3. The molecule has 7 heteroatoms. The Balaban J connectivity index is 1.66. The largest absolute Gasteiger partial charge is 0.466 e. The zero-order valence-corrected chi connectivity index (χ0v) is 15.3. The summed E-state index contributed by atoms with van der Waals surface area (Å²) in [4.78, 5) is 36.7. The summed E-state index contributed by atoms with van der Waals surface area (Å²) in [5, 5.41) is 6.01. The molecule has 1 fully saturated rings. The fourth-order valence-corrected chi connectivity index (χ4v) is 2.78. The van der Waals surface area contributed by atoms with E-state index in [1.807, 2.05) is 12.1 Å². The van der Waals surface area contributed by atoms with Crippen molar-refractivity contribution in [3.05, 3.63) is 35.4 Å². The van der Waals surface area contributed by atoms with Gasteiger partial charge in [0.25, 0.3) is 5.91 Å². The summed E-state index contributed by atoms with van der Waals surface area (Å²) in [5.41, 5.74) is 1.63. The van der Waals surface area contributed by atoms with Gasteiger partial charge in [-0.05, 0) is 31.0 Å². The molecule has 0 aromatic heterocycles. The van der Waals surface area contributed by atoms with Crippen LogP contribution in [0.5, 0.6) is 0 Å². The minimum Gasteiger partial charge on any atom is -0.466 e. The number of likely N-dealkylation sites (tertiary alicyclic amines) is 1. The normalized spacial score (nSPS) is 13.7. The van der Waals surface area contributed by atoms with Crippen molar-refractivity contribution in [2.24, 2.45) is 0 Å². The van der Waals surface area contributed by atoms with E-state index in [9.17, 15) is 14.4 Å². The van der Waals surface area contributed by atoms with Crippen LogP contribution in [0.4, 0.5) is 0 Å². The summed E-state index contributed by atoms with van der Waals surface area (Å²) >= 11 is 0. The highest BCUT2D eigenvalue weighted by Crippen LogP contribution is 2.08. The number of rotatable bonds is 10. The van der Waals surface area contributed by atoms with Gasteiger partial charge >= 0.3 is 5.97 Å². The highest BCUT2D eigenvalue weighted by Gasteiger charge is 2.19. The molecule has 1 aliphatic rings. The SMILES string of the molecule is CCOC(=O)CCNCc1ccc(C(=O)NCCN2CCCC2=O)cc1. The maximum atomic E-state index is 12.1. The lowest BCUT2D eigenvalue weighted by atomic mass is 10.1. The van der Waals surface area contributed by atoms with Gasteiger partial charge in [-0.2, -0.15) is 0 Å². The quantitative estimate of drug-likeness (QED) is 0.481. The molecule has 0 radical (unpaired) electrons. The predicted molar refractivity (Wildman–Crippen MR) is 97.5 cm³/mol. The van der Waals surface area contributed by atoms with Gasteiger partial charge in [0.05, 0.1) is 13.0 Å². The average Bonchev–Trinajstić information content (AvgIpc) is 3.04. The fraction of sp³-hybridized carbons (Fsp3) is 0.526. The number of nitrogens with one attached hydrogen (secondary N) is 2. The lowest BCUT2D eigenvalue weighted by Crippen LogP contribution is -2.35. The first-order valence-electron chi connectivity index (χ1n) is 9.11. The summed E-state index contributed by atoms with van der Waals surface area (Å²) in [6, 6.07) is 7.32. The topological polar surface area (TPSA) is 87.7 Å². The molecule has 142 valence electrons. The van der Waals surface area contributed by atoms with E-state index in [4.69, 9.17) is 4.74 Å². The third kappa shape index (κ3) is 6.48. The van der Waals surface area contributed by atoms with E-state index < -0.39 is 0 Å². The molecular formula is C19H27N3O4. The molecular weight excluding hydrogens is 334 g/mol. The molecule has 0 bridgehead atoms. The Bertz CT molecular complexity index is 616. The highest BCUT2D eigenvalue weighted by molar-refractivity contribution is 5.94. The number of nitrogens with zero attached hydrogens (tertiary/aromatic N) is 1. The van der Waals surface area contributed by atoms with Crippen molar-refractivity contribution >= 4 is 17.8 Å². The molecule has 2 rings (SSSR count). The molecule has 2 N–H and O–H groups in total. The van der Waals surface area contributed by atoms with Gasteiger partial charge in [0.2, 0.25) is 5.91 Å². The molecule has 0 unspecified atom stereocenters. The number of hydrogen-bond donors (Lipinski definition) is 2. The number of ether oxygens (including phenoxy) is 1. The van der Waals surface area contributed by atoms with Crippen molar-refractivity contribution in [3.63, 3.8) is 0 Å². The van der Waals surface area contributed by atoms with E-state index in [1.54, 1.807) is 24.0 Å². The molecule has 1 aliphatic heterocycles. The van der Waals surface area contributed by atoms with Gasteiger partial charge in [-0.15, -0.1) is 0 Å². The van der Waals surface area contributed by atoms with E-state index >= 15 is 0 Å². The van der Waals surface area contributed by atoms with Crippen LogP contribution in [0.3, 0.4) is 0 Å². The monoisotopic (exact) mass is 361 g/mol. The Labute approximate surface area is 154 Å². The Morgan fingerprint density at radius 2 is 1.96 bits per heavy atom. The third-order valence-corrected chi connectivity index (χ3v) is 4.20. The lowest BCUT2D eigenvalue weighted by Gasteiger charge is -2.15. The van der Waals surface area contributed by atoms with Crippen LogP contribution in [0.1, 0.15) is 42.1 Å². The number of carbonyl (C=O) groups excluding carboxylic acids is 3. The van der Waals surface area contributed by atoms with E-state index in [1.165, 1.54) is 0 Å². The summed E-state index contributed by atoms with van der Waals surface area (Å²) in [5.74, 6) is -0.180. The van der Waals surface area contributed by atoms with Crippen LogP contribution in [-0.4, -0.2) is 55.5 Å². The third-order valence-electron chi connectivity index (χ3n) is 4.20. The second-order valence-corrected chi connectivity index (χ2v) is 6.17. The minimum absolute atomic E-state index is 0.140. The molecule has 0 saturated carbocycles. The van der Waals surface area contributed by atoms with Gasteiger partial charge in [0, 0.05) is 44.7 Å². The molecule has 1 saturated heterocycles. The summed E-state index contributed by atoms with van der Waals surface area (Å²) in [7, 11) is 0. The molecule has 26 heavy (non-hydrogen) atoms. The van der Waals surface area contributed by atoms with Crippen molar-refractivity contribution in [3.8, 4) is 0 Å². The number of carbonyl (C=O) groups is 3. The van der Waals surface area contributed by atoms with Crippen LogP contribution in [0.2, 0.25) is 0 Å². The van der Waals surface area contributed by atoms with Gasteiger partial charge in [-0.3, -0.25) is 14.4 Å². The Kier molecular flexibility index (Phi) is 8.08. The number of amides is 2. The molecule has 1 heterocycles. The molecule has 1 aromatic rings. The van der Waals surface area contributed by atoms with Gasteiger partial charge in [-0.25, -0.2) is 0 Å². The first-order chi connectivity index (χ1) is 12.6. The van der Waals surface area contributed by atoms with Gasteiger partial charge in [0.1, 0.15) is 0 Å². The van der Waals surface area contributed by atoms with Gasteiger partial charge in [0.15, 0.2) is 0 Å². The Morgan fingerprint density at radius 1 is 1.19 bits per heavy atom. The summed E-state index contributed by atoms with van der Waals surface area (Å²) in [6.45, 7) is 5.17. The molecule has 0 atom stereocenters. The average molecular weight is 361 g/mol. The molecule has 2 amide bonds. The van der Waals surface area contributed by atoms with Crippen molar-refractivity contribution in [2.45, 2.75) is 32.7 Å². The van der Waals surface area contributed by atoms with E-state index in [0.717, 1.165) is 18.5 Å². The number of hydrogen-bond acceptors (Lipinski definition) is 5. The van der Waals surface area contributed by atoms with Crippen LogP contribution < -0.4 is 10.6 Å². The van der Waals surface area contributed by atoms with Gasteiger partial charge in [-0.1, -0.05) is 12.1 Å². The maximum absolute atomic E-state index is 12.1. The van der Waals surface area contributed by atoms with Crippen LogP contribution in [0.25, 0.3) is 0 Å². The second kappa shape index (κ2) is 10.6. The Morgan fingerprint density at radius 3 is 2.62 bits per heavy atom. The number of benzene rings is 1. The molecule has 0 aliphatic carbocycles. The molecule has 0 spiro atoms.